The van der Waals surface area contributed by atoms with Crippen LogP contribution >= 0.6 is 11.8 Å². The van der Waals surface area contributed by atoms with Crippen molar-refractivity contribution in [1.82, 2.24) is 4.90 Å². The van der Waals surface area contributed by atoms with Gasteiger partial charge in [-0.05, 0) is 161 Å². The van der Waals surface area contributed by atoms with Crippen molar-refractivity contribution in [3.63, 3.8) is 0 Å². The van der Waals surface area contributed by atoms with Gasteiger partial charge in [-0.3, -0.25) is 4.90 Å². The molecule has 11 aliphatic rings. The van der Waals surface area contributed by atoms with E-state index in [9.17, 15) is 0 Å². The maximum Gasteiger partial charge on any atom is 0.0621 e. The Morgan fingerprint density at radius 1 is 0.385 bits per heavy atom. The molecular formula is C49H79NOS. The maximum absolute atomic E-state index is 6.99. The molecule has 0 aromatic heterocycles. The smallest absolute Gasteiger partial charge is 0.0621 e. The molecule has 0 amide bonds. The Labute approximate surface area is 324 Å². The van der Waals surface area contributed by atoms with Gasteiger partial charge in [0.1, 0.15) is 0 Å². The molecule has 3 heteroatoms. The Bertz CT molecular complexity index is 1200. The summed E-state index contributed by atoms with van der Waals surface area (Å²) in [4.78, 5) is 3.56. The van der Waals surface area contributed by atoms with Gasteiger partial charge in [0, 0.05) is 34.5 Å². The zero-order chi connectivity index (χ0) is 34.2. The van der Waals surface area contributed by atoms with E-state index < -0.39 is 0 Å². The molecule has 52 heavy (non-hydrogen) atoms. The number of nitrogens with zero attached hydrogens (tertiary/aromatic N) is 1. The zero-order valence-electron chi connectivity index (χ0n) is 33.5. The van der Waals surface area contributed by atoms with Crippen LogP contribution in [0.4, 0.5) is 0 Å². The molecule has 2 nitrogen and oxygen atoms in total. The van der Waals surface area contributed by atoms with E-state index >= 15 is 0 Å². The van der Waals surface area contributed by atoms with E-state index in [1.54, 1.807) is 109 Å². The van der Waals surface area contributed by atoms with Crippen LogP contribution in [0.2, 0.25) is 0 Å². The molecule has 11 rings (SSSR count). The largest absolute Gasteiger partial charge is 0.374 e. The molecule has 0 spiro atoms. The highest BCUT2D eigenvalue weighted by molar-refractivity contribution is 8.00. The lowest BCUT2D eigenvalue weighted by Crippen LogP contribution is -2.60. The van der Waals surface area contributed by atoms with Gasteiger partial charge in [-0.25, -0.2) is 0 Å². The summed E-state index contributed by atoms with van der Waals surface area (Å²) in [5.74, 6) is 10.2. The van der Waals surface area contributed by atoms with Crippen LogP contribution in [-0.2, 0) is 4.74 Å². The lowest BCUT2D eigenvalue weighted by atomic mass is 9.48. The highest BCUT2D eigenvalue weighted by atomic mass is 32.2. The van der Waals surface area contributed by atoms with E-state index in [1.807, 2.05) is 0 Å². The van der Waals surface area contributed by atoms with Gasteiger partial charge in [0.2, 0.25) is 0 Å². The number of fused-ring (bicyclic) bond motifs is 10. The Hall–Kier alpha value is 0.270. The highest BCUT2D eigenvalue weighted by Crippen LogP contribution is 2.73. The van der Waals surface area contributed by atoms with Crippen LogP contribution in [0.1, 0.15) is 199 Å². The summed E-state index contributed by atoms with van der Waals surface area (Å²) in [5, 5.41) is 1.85. The average molecular weight is 730 g/mol. The van der Waals surface area contributed by atoms with Gasteiger partial charge in [0.15, 0.2) is 0 Å². The van der Waals surface area contributed by atoms with E-state index in [0.717, 1.165) is 87.8 Å². The standard InChI is InChI=1S/C49H79NOS/c1-4-16-32(17-5-1)49(33-18-6-2-7-19-33)39-25-12-10-22-37(39)45-40(49)26-15-27-41(45)50(34-20-8-3-9-21-34)42-28-14-24-35-36-30-31-44-46(48(36)52-47(35)42)38-23-11-13-29-43(38)51-44/h32-48H,1-31H2. The molecule has 2 saturated heterocycles. The predicted molar refractivity (Wildman–Crippen MR) is 217 cm³/mol. The molecule has 11 fully saturated rings. The Balaban J connectivity index is 0.962. The Kier molecular flexibility index (Phi) is 10.1. The second-order valence-electron chi connectivity index (χ2n) is 21.9. The van der Waals surface area contributed by atoms with Crippen LogP contribution in [0.5, 0.6) is 0 Å². The van der Waals surface area contributed by atoms with Crippen molar-refractivity contribution >= 4 is 11.8 Å². The first-order valence-electron chi connectivity index (χ1n) is 24.9. The number of hydrogen-bond donors (Lipinski definition) is 0. The Morgan fingerprint density at radius 3 is 1.73 bits per heavy atom. The summed E-state index contributed by atoms with van der Waals surface area (Å²) >= 11 is 2.65. The minimum atomic E-state index is 0.614. The molecule has 2 aliphatic heterocycles. The molecule has 9 aliphatic carbocycles. The highest BCUT2D eigenvalue weighted by Gasteiger charge is 2.68. The van der Waals surface area contributed by atoms with Crippen LogP contribution in [0.15, 0.2) is 0 Å². The summed E-state index contributed by atoms with van der Waals surface area (Å²) in [7, 11) is 0. The van der Waals surface area contributed by atoms with Crippen molar-refractivity contribution in [1.29, 1.82) is 0 Å². The number of hydrogen-bond acceptors (Lipinski definition) is 3. The van der Waals surface area contributed by atoms with E-state index in [0.29, 0.717) is 17.6 Å². The van der Waals surface area contributed by atoms with Crippen LogP contribution in [-0.4, -0.2) is 45.7 Å². The second-order valence-corrected chi connectivity index (χ2v) is 23.2. The molecular weight excluding hydrogens is 651 g/mol. The molecule has 0 bridgehead atoms. The maximum atomic E-state index is 6.99. The van der Waals surface area contributed by atoms with Crippen molar-refractivity contribution in [3.05, 3.63) is 0 Å². The zero-order valence-corrected chi connectivity index (χ0v) is 34.3. The van der Waals surface area contributed by atoms with Gasteiger partial charge < -0.3 is 4.74 Å². The molecule has 2 heterocycles. The summed E-state index contributed by atoms with van der Waals surface area (Å²) in [6.45, 7) is 0. The fraction of sp³-hybridized carbons (Fsp3) is 1.00. The predicted octanol–water partition coefficient (Wildman–Crippen LogP) is 13.0. The fourth-order valence-corrected chi connectivity index (χ4v) is 21.4. The van der Waals surface area contributed by atoms with Crippen molar-refractivity contribution in [3.8, 4) is 0 Å². The van der Waals surface area contributed by atoms with Gasteiger partial charge in [0.25, 0.3) is 0 Å². The van der Waals surface area contributed by atoms with Gasteiger partial charge >= 0.3 is 0 Å². The first-order valence-corrected chi connectivity index (χ1v) is 25.8. The molecule has 292 valence electrons. The molecule has 9 saturated carbocycles. The molecule has 0 N–H and O–H groups in total. The van der Waals surface area contributed by atoms with E-state index in [4.69, 9.17) is 4.74 Å². The van der Waals surface area contributed by atoms with E-state index in [-0.39, 0.29) is 0 Å². The minimum absolute atomic E-state index is 0.614. The number of rotatable bonds is 5. The number of thioether (sulfide) groups is 1. The summed E-state index contributed by atoms with van der Waals surface area (Å²) in [5.41, 5.74) is 0.716. The third-order valence-corrected chi connectivity index (χ3v) is 22.2. The van der Waals surface area contributed by atoms with Crippen molar-refractivity contribution < 1.29 is 4.74 Å². The molecule has 0 aromatic carbocycles. The molecule has 0 radical (unpaired) electrons. The minimum Gasteiger partial charge on any atom is -0.374 e. The fourth-order valence-electron chi connectivity index (χ4n) is 19.0. The molecule has 14 atom stereocenters. The second kappa shape index (κ2) is 14.9. The summed E-state index contributed by atoms with van der Waals surface area (Å²) in [6.07, 6.45) is 49.1. The lowest BCUT2D eigenvalue weighted by molar-refractivity contribution is -0.0881. The first-order chi connectivity index (χ1) is 25.8. The summed E-state index contributed by atoms with van der Waals surface area (Å²) < 4.78 is 6.99. The molecule has 0 aromatic rings. The first kappa shape index (κ1) is 35.4. The average Bonchev–Trinajstić information content (AvgIpc) is 3.88. The number of ether oxygens (including phenoxy) is 1. The van der Waals surface area contributed by atoms with E-state index in [2.05, 4.69) is 16.7 Å². The summed E-state index contributed by atoms with van der Waals surface area (Å²) in [6, 6.07) is 2.69. The quantitative estimate of drug-likeness (QED) is 0.280. The SMILES string of the molecule is C1CCC(N(C2CCCC3C4CCC5OC6CCCCC6C5C4SC32)C2CCCC3C2C2CCCCC2C3(C2CCCCC2)C2CCCCC2)CC1. The lowest BCUT2D eigenvalue weighted by Gasteiger charge is -2.58. The van der Waals surface area contributed by atoms with Crippen LogP contribution in [0, 0.1) is 64.6 Å². The third-order valence-electron chi connectivity index (χ3n) is 20.2. The van der Waals surface area contributed by atoms with Crippen LogP contribution in [0.25, 0.3) is 0 Å². The van der Waals surface area contributed by atoms with Gasteiger partial charge in [-0.1, -0.05) is 96.3 Å². The van der Waals surface area contributed by atoms with Crippen molar-refractivity contribution in [2.45, 2.75) is 240 Å². The normalized spacial score (nSPS) is 49.8. The van der Waals surface area contributed by atoms with Crippen LogP contribution in [0.3, 0.4) is 0 Å². The third kappa shape index (κ3) is 5.63. The van der Waals surface area contributed by atoms with Crippen LogP contribution < -0.4 is 0 Å². The molecule has 14 unspecified atom stereocenters. The van der Waals surface area contributed by atoms with Gasteiger partial charge in [0.05, 0.1) is 12.2 Å². The Morgan fingerprint density at radius 2 is 0.962 bits per heavy atom. The van der Waals surface area contributed by atoms with Gasteiger partial charge in [-0.2, -0.15) is 11.8 Å². The van der Waals surface area contributed by atoms with E-state index in [1.165, 1.54) is 89.9 Å². The topological polar surface area (TPSA) is 12.5 Å². The monoisotopic (exact) mass is 730 g/mol. The van der Waals surface area contributed by atoms with Crippen molar-refractivity contribution in [2.24, 2.45) is 64.6 Å². The van der Waals surface area contributed by atoms with Crippen molar-refractivity contribution in [2.75, 3.05) is 0 Å². The van der Waals surface area contributed by atoms with Gasteiger partial charge in [-0.15, -0.1) is 0 Å².